The summed E-state index contributed by atoms with van der Waals surface area (Å²) in [6, 6.07) is 0. The molecule has 82 valence electrons. The third-order valence-electron chi connectivity index (χ3n) is 2.74. The van der Waals surface area contributed by atoms with E-state index in [2.05, 4.69) is 11.8 Å². The Bertz CT molecular complexity index is 205. The zero-order valence-electron chi connectivity index (χ0n) is 9.04. The minimum absolute atomic E-state index is 0.310. The van der Waals surface area contributed by atoms with E-state index < -0.39 is 0 Å². The molecule has 0 spiro atoms. The van der Waals surface area contributed by atoms with Crippen LogP contribution in [0.5, 0.6) is 0 Å². The molecule has 1 saturated heterocycles. The number of halogens is 1. The van der Waals surface area contributed by atoms with Crippen LogP contribution in [0.2, 0.25) is 0 Å². The summed E-state index contributed by atoms with van der Waals surface area (Å²) in [4.78, 5) is 2.38. The smallest absolute Gasteiger partial charge is 0.0471 e. The SMILES string of the molecule is C/C(=C\Cl)CN1CC(C)CC(CO)C1. The van der Waals surface area contributed by atoms with Crippen LogP contribution in [0, 0.1) is 11.8 Å². The highest BCUT2D eigenvalue weighted by Crippen LogP contribution is 2.21. The van der Waals surface area contributed by atoms with E-state index >= 15 is 0 Å². The predicted molar refractivity (Wildman–Crippen MR) is 60.4 cm³/mol. The first kappa shape index (κ1) is 12.0. The van der Waals surface area contributed by atoms with E-state index in [1.165, 1.54) is 5.57 Å². The molecule has 0 aromatic heterocycles. The quantitative estimate of drug-likeness (QED) is 0.783. The molecule has 0 aliphatic carbocycles. The van der Waals surface area contributed by atoms with Crippen LogP contribution in [0.15, 0.2) is 11.1 Å². The summed E-state index contributed by atoms with van der Waals surface area (Å²) in [6.07, 6.45) is 1.15. The topological polar surface area (TPSA) is 23.5 Å². The molecule has 1 rings (SSSR count). The molecule has 1 aliphatic rings. The number of aliphatic hydroxyl groups is 1. The molecule has 14 heavy (non-hydrogen) atoms. The van der Waals surface area contributed by atoms with Gasteiger partial charge in [-0.2, -0.15) is 0 Å². The van der Waals surface area contributed by atoms with Gasteiger partial charge in [0.1, 0.15) is 0 Å². The number of rotatable bonds is 3. The summed E-state index contributed by atoms with van der Waals surface area (Å²) in [5.41, 5.74) is 2.84. The van der Waals surface area contributed by atoms with Crippen molar-refractivity contribution >= 4 is 11.6 Å². The van der Waals surface area contributed by atoms with Gasteiger partial charge in [-0.15, -0.1) is 0 Å². The fourth-order valence-electron chi connectivity index (χ4n) is 2.25. The Kier molecular flexibility index (Phi) is 4.93. The van der Waals surface area contributed by atoms with E-state index in [-0.39, 0.29) is 0 Å². The van der Waals surface area contributed by atoms with Crippen LogP contribution in [-0.4, -0.2) is 36.2 Å². The van der Waals surface area contributed by atoms with Crippen molar-refractivity contribution in [2.24, 2.45) is 11.8 Å². The fourth-order valence-corrected chi connectivity index (χ4v) is 2.32. The fraction of sp³-hybridized carbons (Fsp3) is 0.818. The van der Waals surface area contributed by atoms with Crippen molar-refractivity contribution in [3.63, 3.8) is 0 Å². The minimum atomic E-state index is 0.310. The van der Waals surface area contributed by atoms with Gasteiger partial charge in [0, 0.05) is 31.8 Å². The Balaban J connectivity index is 2.45. The zero-order valence-corrected chi connectivity index (χ0v) is 9.80. The lowest BCUT2D eigenvalue weighted by Crippen LogP contribution is -2.41. The van der Waals surface area contributed by atoms with Crippen molar-refractivity contribution in [1.82, 2.24) is 4.90 Å². The highest BCUT2D eigenvalue weighted by Gasteiger charge is 2.23. The van der Waals surface area contributed by atoms with Crippen molar-refractivity contribution in [3.05, 3.63) is 11.1 Å². The van der Waals surface area contributed by atoms with E-state index in [9.17, 15) is 0 Å². The van der Waals surface area contributed by atoms with Crippen LogP contribution in [0.3, 0.4) is 0 Å². The third-order valence-corrected chi connectivity index (χ3v) is 3.11. The first-order valence-electron chi connectivity index (χ1n) is 5.24. The molecule has 0 aromatic rings. The second-order valence-corrected chi connectivity index (χ2v) is 4.76. The Labute approximate surface area is 91.6 Å². The molecule has 0 saturated carbocycles. The Hall–Kier alpha value is -0.0500. The molecular formula is C11H20ClNO. The molecule has 2 nitrogen and oxygen atoms in total. The van der Waals surface area contributed by atoms with E-state index in [0.29, 0.717) is 18.4 Å². The average Bonchev–Trinajstić information content (AvgIpc) is 2.16. The summed E-state index contributed by atoms with van der Waals surface area (Å²) in [5, 5.41) is 9.15. The minimum Gasteiger partial charge on any atom is -0.396 e. The van der Waals surface area contributed by atoms with Gasteiger partial charge in [0.25, 0.3) is 0 Å². The monoisotopic (exact) mass is 217 g/mol. The maximum Gasteiger partial charge on any atom is 0.0471 e. The van der Waals surface area contributed by atoms with Crippen molar-refractivity contribution in [1.29, 1.82) is 0 Å². The summed E-state index contributed by atoms with van der Waals surface area (Å²) < 4.78 is 0. The number of hydrogen-bond donors (Lipinski definition) is 1. The molecule has 1 heterocycles. The number of likely N-dealkylation sites (tertiary alicyclic amines) is 1. The lowest BCUT2D eigenvalue weighted by molar-refractivity contribution is 0.0968. The largest absolute Gasteiger partial charge is 0.396 e. The summed E-state index contributed by atoms with van der Waals surface area (Å²) in [5.74, 6) is 1.13. The zero-order chi connectivity index (χ0) is 10.6. The van der Waals surface area contributed by atoms with Crippen molar-refractivity contribution < 1.29 is 5.11 Å². The van der Waals surface area contributed by atoms with Gasteiger partial charge in [0.05, 0.1) is 0 Å². The summed E-state index contributed by atoms with van der Waals surface area (Å²) >= 11 is 5.64. The molecule has 2 atom stereocenters. The standard InChI is InChI=1S/C11H20ClNO/c1-9-3-11(8-14)7-13(5-9)6-10(2)4-12/h4,9,11,14H,3,5-8H2,1-2H3/b10-4+. The molecule has 0 bridgehead atoms. The molecule has 0 aromatic carbocycles. The lowest BCUT2D eigenvalue weighted by Gasteiger charge is -2.35. The van der Waals surface area contributed by atoms with Gasteiger partial charge in [-0.05, 0) is 30.8 Å². The molecule has 1 N–H and O–H groups in total. The Morgan fingerprint density at radius 3 is 2.86 bits per heavy atom. The number of nitrogens with zero attached hydrogens (tertiary/aromatic N) is 1. The average molecular weight is 218 g/mol. The molecule has 2 unspecified atom stereocenters. The molecule has 1 aliphatic heterocycles. The summed E-state index contributed by atoms with van der Waals surface area (Å²) in [6.45, 7) is 7.66. The molecule has 3 heteroatoms. The van der Waals surface area contributed by atoms with Gasteiger partial charge in [-0.25, -0.2) is 0 Å². The first-order valence-corrected chi connectivity index (χ1v) is 5.68. The first-order chi connectivity index (χ1) is 6.65. The van der Waals surface area contributed by atoms with Crippen molar-refractivity contribution in [2.75, 3.05) is 26.2 Å². The molecule has 0 amide bonds. The van der Waals surface area contributed by atoms with Crippen LogP contribution in [0.25, 0.3) is 0 Å². The van der Waals surface area contributed by atoms with Gasteiger partial charge in [0.15, 0.2) is 0 Å². The number of hydrogen-bond acceptors (Lipinski definition) is 2. The Morgan fingerprint density at radius 1 is 1.57 bits per heavy atom. The van der Waals surface area contributed by atoms with Crippen LogP contribution < -0.4 is 0 Å². The van der Waals surface area contributed by atoms with E-state index in [1.807, 2.05) is 6.92 Å². The van der Waals surface area contributed by atoms with Crippen molar-refractivity contribution in [2.45, 2.75) is 20.3 Å². The summed E-state index contributed by atoms with van der Waals surface area (Å²) in [7, 11) is 0. The van der Waals surface area contributed by atoms with E-state index in [0.717, 1.165) is 26.1 Å². The van der Waals surface area contributed by atoms with Crippen molar-refractivity contribution in [3.8, 4) is 0 Å². The normalized spacial score (nSPS) is 30.7. The second-order valence-electron chi connectivity index (χ2n) is 4.54. The molecule has 1 fully saturated rings. The van der Waals surface area contributed by atoms with Crippen LogP contribution >= 0.6 is 11.6 Å². The number of aliphatic hydroxyl groups excluding tert-OH is 1. The van der Waals surface area contributed by atoms with Crippen LogP contribution in [-0.2, 0) is 0 Å². The third kappa shape index (κ3) is 3.60. The highest BCUT2D eigenvalue weighted by atomic mass is 35.5. The second kappa shape index (κ2) is 5.74. The van der Waals surface area contributed by atoms with Gasteiger partial charge < -0.3 is 5.11 Å². The van der Waals surface area contributed by atoms with Crippen LogP contribution in [0.4, 0.5) is 0 Å². The lowest BCUT2D eigenvalue weighted by atomic mass is 9.91. The number of piperidine rings is 1. The predicted octanol–water partition coefficient (Wildman–Crippen LogP) is 2.08. The molecular weight excluding hydrogens is 198 g/mol. The molecule has 0 radical (unpaired) electrons. The maximum absolute atomic E-state index is 9.15. The van der Waals surface area contributed by atoms with E-state index in [4.69, 9.17) is 16.7 Å². The van der Waals surface area contributed by atoms with Crippen LogP contribution in [0.1, 0.15) is 20.3 Å². The maximum atomic E-state index is 9.15. The Morgan fingerprint density at radius 2 is 2.29 bits per heavy atom. The van der Waals surface area contributed by atoms with Gasteiger partial charge in [-0.1, -0.05) is 18.5 Å². The van der Waals surface area contributed by atoms with Gasteiger partial charge >= 0.3 is 0 Å². The van der Waals surface area contributed by atoms with Gasteiger partial charge in [0.2, 0.25) is 0 Å². The van der Waals surface area contributed by atoms with Gasteiger partial charge in [-0.3, -0.25) is 4.90 Å². The highest BCUT2D eigenvalue weighted by molar-refractivity contribution is 6.25. The van der Waals surface area contributed by atoms with E-state index in [1.54, 1.807) is 5.54 Å².